The lowest BCUT2D eigenvalue weighted by molar-refractivity contribution is 0.709. The molecule has 0 unspecified atom stereocenters. The average Bonchev–Trinajstić information content (AvgIpc) is 2.38. The van der Waals surface area contributed by atoms with Crippen molar-refractivity contribution in [2.45, 2.75) is 13.0 Å². The second kappa shape index (κ2) is 4.01. The van der Waals surface area contributed by atoms with Crippen molar-refractivity contribution in [1.82, 2.24) is 15.2 Å². The second-order valence-corrected chi connectivity index (χ2v) is 4.09. The van der Waals surface area contributed by atoms with Gasteiger partial charge in [0.2, 0.25) is 0 Å². The SMILES string of the molecule is O=c1nc(N2CCc3ccccc3C2)cn[nH]1. The van der Waals surface area contributed by atoms with E-state index in [1.165, 1.54) is 11.1 Å². The van der Waals surface area contributed by atoms with Crippen LogP contribution in [0.15, 0.2) is 35.3 Å². The Morgan fingerprint density at radius 1 is 1.24 bits per heavy atom. The van der Waals surface area contributed by atoms with Gasteiger partial charge < -0.3 is 4.90 Å². The van der Waals surface area contributed by atoms with Gasteiger partial charge in [-0.25, -0.2) is 9.89 Å². The predicted octanol–water partition coefficient (Wildman–Crippen LogP) is 0.728. The van der Waals surface area contributed by atoms with Gasteiger partial charge in [0.15, 0.2) is 5.82 Å². The first-order valence-electron chi connectivity index (χ1n) is 5.56. The van der Waals surface area contributed by atoms with Crippen molar-refractivity contribution in [1.29, 1.82) is 0 Å². The first kappa shape index (κ1) is 10.0. The summed E-state index contributed by atoms with van der Waals surface area (Å²) in [5, 5.41) is 6.06. The minimum absolute atomic E-state index is 0.402. The van der Waals surface area contributed by atoms with Gasteiger partial charge >= 0.3 is 5.69 Å². The van der Waals surface area contributed by atoms with Crippen LogP contribution in [-0.4, -0.2) is 21.7 Å². The first-order valence-corrected chi connectivity index (χ1v) is 5.56. The molecule has 0 saturated heterocycles. The number of hydrogen-bond donors (Lipinski definition) is 1. The first-order chi connectivity index (χ1) is 8.33. The van der Waals surface area contributed by atoms with Gasteiger partial charge in [0.25, 0.3) is 0 Å². The molecule has 2 aromatic rings. The highest BCUT2D eigenvalue weighted by Gasteiger charge is 2.17. The molecule has 2 heterocycles. The average molecular weight is 228 g/mol. The monoisotopic (exact) mass is 228 g/mol. The minimum atomic E-state index is -0.402. The van der Waals surface area contributed by atoms with E-state index in [1.54, 1.807) is 6.20 Å². The van der Waals surface area contributed by atoms with E-state index in [-0.39, 0.29) is 0 Å². The molecule has 0 radical (unpaired) electrons. The van der Waals surface area contributed by atoms with Crippen LogP contribution >= 0.6 is 0 Å². The van der Waals surface area contributed by atoms with Crippen LogP contribution in [0.3, 0.4) is 0 Å². The molecule has 3 rings (SSSR count). The molecule has 0 fully saturated rings. The molecule has 1 aromatic heterocycles. The highest BCUT2D eigenvalue weighted by atomic mass is 16.1. The van der Waals surface area contributed by atoms with Crippen molar-refractivity contribution < 1.29 is 0 Å². The molecule has 1 aliphatic rings. The van der Waals surface area contributed by atoms with Crippen molar-refractivity contribution in [2.75, 3.05) is 11.4 Å². The standard InChI is InChI=1S/C12H12N4O/c17-12-14-11(7-13-15-12)16-6-5-9-3-1-2-4-10(9)8-16/h1-4,7H,5-6,8H2,(H,14,15,17). The van der Waals surface area contributed by atoms with Crippen LogP contribution in [0.25, 0.3) is 0 Å². The molecular weight excluding hydrogens is 216 g/mol. The van der Waals surface area contributed by atoms with Gasteiger partial charge in [-0.15, -0.1) is 0 Å². The highest BCUT2D eigenvalue weighted by Crippen LogP contribution is 2.21. The van der Waals surface area contributed by atoms with E-state index in [2.05, 4.69) is 38.3 Å². The van der Waals surface area contributed by atoms with Crippen molar-refractivity contribution in [3.63, 3.8) is 0 Å². The maximum atomic E-state index is 11.1. The zero-order chi connectivity index (χ0) is 11.7. The Bertz CT molecular complexity index is 593. The Labute approximate surface area is 98.1 Å². The third-order valence-corrected chi connectivity index (χ3v) is 3.01. The topological polar surface area (TPSA) is 61.9 Å². The van der Waals surface area contributed by atoms with Gasteiger partial charge in [0.05, 0.1) is 6.20 Å². The zero-order valence-electron chi connectivity index (χ0n) is 9.26. The van der Waals surface area contributed by atoms with Gasteiger partial charge in [0, 0.05) is 13.1 Å². The van der Waals surface area contributed by atoms with Crippen molar-refractivity contribution in [3.8, 4) is 0 Å². The minimum Gasteiger partial charge on any atom is -0.350 e. The molecule has 0 saturated carbocycles. The maximum Gasteiger partial charge on any atom is 0.363 e. The third kappa shape index (κ3) is 1.91. The molecule has 1 N–H and O–H groups in total. The number of hydrogen-bond acceptors (Lipinski definition) is 4. The highest BCUT2D eigenvalue weighted by molar-refractivity contribution is 5.41. The van der Waals surface area contributed by atoms with E-state index >= 15 is 0 Å². The summed E-state index contributed by atoms with van der Waals surface area (Å²) < 4.78 is 0. The van der Waals surface area contributed by atoms with Crippen molar-refractivity contribution >= 4 is 5.82 Å². The lowest BCUT2D eigenvalue weighted by atomic mass is 10.0. The number of anilines is 1. The molecule has 17 heavy (non-hydrogen) atoms. The summed E-state index contributed by atoms with van der Waals surface area (Å²) >= 11 is 0. The van der Waals surface area contributed by atoms with Crippen LogP contribution in [0.4, 0.5) is 5.82 Å². The van der Waals surface area contributed by atoms with E-state index in [9.17, 15) is 4.79 Å². The number of rotatable bonds is 1. The number of fused-ring (bicyclic) bond motifs is 1. The van der Waals surface area contributed by atoms with Crippen LogP contribution in [0.2, 0.25) is 0 Å². The smallest absolute Gasteiger partial charge is 0.350 e. The lowest BCUT2D eigenvalue weighted by Gasteiger charge is -2.29. The molecule has 5 heteroatoms. The number of benzene rings is 1. The normalized spacial score (nSPS) is 14.5. The Kier molecular flexibility index (Phi) is 2.36. The Balaban J connectivity index is 1.92. The summed E-state index contributed by atoms with van der Waals surface area (Å²) in [5.74, 6) is 0.642. The van der Waals surface area contributed by atoms with Gasteiger partial charge in [-0.05, 0) is 17.5 Å². The maximum absolute atomic E-state index is 11.1. The van der Waals surface area contributed by atoms with Gasteiger partial charge in [-0.2, -0.15) is 10.1 Å². The number of aromatic amines is 1. The summed E-state index contributed by atoms with van der Waals surface area (Å²) in [5.41, 5.74) is 2.27. The molecule has 5 nitrogen and oxygen atoms in total. The number of aromatic nitrogens is 3. The molecule has 0 amide bonds. The fourth-order valence-electron chi connectivity index (χ4n) is 2.15. The third-order valence-electron chi connectivity index (χ3n) is 3.01. The van der Waals surface area contributed by atoms with E-state index in [0.29, 0.717) is 5.82 Å². The molecule has 0 atom stereocenters. The second-order valence-electron chi connectivity index (χ2n) is 4.09. The van der Waals surface area contributed by atoms with Gasteiger partial charge in [0.1, 0.15) is 0 Å². The van der Waals surface area contributed by atoms with Crippen molar-refractivity contribution in [3.05, 3.63) is 52.1 Å². The van der Waals surface area contributed by atoms with Crippen LogP contribution in [0.1, 0.15) is 11.1 Å². The van der Waals surface area contributed by atoms with Crippen molar-refractivity contribution in [2.24, 2.45) is 0 Å². The molecule has 0 spiro atoms. The molecule has 0 bridgehead atoms. The summed E-state index contributed by atoms with van der Waals surface area (Å²) in [6, 6.07) is 8.35. The van der Waals surface area contributed by atoms with Crippen LogP contribution in [0.5, 0.6) is 0 Å². The summed E-state index contributed by atoms with van der Waals surface area (Å²) in [7, 11) is 0. The predicted molar refractivity (Wildman–Crippen MR) is 63.8 cm³/mol. The zero-order valence-corrected chi connectivity index (χ0v) is 9.26. The Hall–Kier alpha value is -2.17. The van der Waals surface area contributed by atoms with Crippen LogP contribution < -0.4 is 10.6 Å². The van der Waals surface area contributed by atoms with Crippen LogP contribution in [0, 0.1) is 0 Å². The summed E-state index contributed by atoms with van der Waals surface area (Å²) in [4.78, 5) is 17.1. The quantitative estimate of drug-likeness (QED) is 0.781. The number of H-pyrrole nitrogens is 1. The number of nitrogens with zero attached hydrogens (tertiary/aromatic N) is 3. The fourth-order valence-corrected chi connectivity index (χ4v) is 2.15. The molecular formula is C12H12N4O. The largest absolute Gasteiger partial charge is 0.363 e. The fraction of sp³-hybridized carbons (Fsp3) is 0.250. The van der Waals surface area contributed by atoms with E-state index in [0.717, 1.165) is 19.5 Å². The Morgan fingerprint density at radius 3 is 2.88 bits per heavy atom. The molecule has 1 aromatic carbocycles. The summed E-state index contributed by atoms with van der Waals surface area (Å²) in [6.45, 7) is 1.66. The molecule has 1 aliphatic heterocycles. The molecule has 86 valence electrons. The van der Waals surface area contributed by atoms with E-state index < -0.39 is 5.69 Å². The van der Waals surface area contributed by atoms with E-state index in [4.69, 9.17) is 0 Å². The van der Waals surface area contributed by atoms with E-state index in [1.807, 2.05) is 6.07 Å². The number of nitrogens with one attached hydrogen (secondary N) is 1. The van der Waals surface area contributed by atoms with Gasteiger partial charge in [-0.3, -0.25) is 0 Å². The Morgan fingerprint density at radius 2 is 2.06 bits per heavy atom. The molecule has 0 aliphatic carbocycles. The van der Waals surface area contributed by atoms with Gasteiger partial charge in [-0.1, -0.05) is 24.3 Å². The summed E-state index contributed by atoms with van der Waals surface area (Å²) in [6.07, 6.45) is 2.57. The lowest BCUT2D eigenvalue weighted by Crippen LogP contribution is -2.32. The van der Waals surface area contributed by atoms with Crippen LogP contribution in [-0.2, 0) is 13.0 Å².